The summed E-state index contributed by atoms with van der Waals surface area (Å²) in [7, 11) is -4.14. The second kappa shape index (κ2) is 14.4. The van der Waals surface area contributed by atoms with E-state index in [1.54, 1.807) is 73.7 Å². The van der Waals surface area contributed by atoms with Gasteiger partial charge in [-0.2, -0.15) is 0 Å². The van der Waals surface area contributed by atoms with Crippen molar-refractivity contribution in [2.24, 2.45) is 0 Å². The zero-order valence-corrected chi connectivity index (χ0v) is 25.3. The highest BCUT2D eigenvalue weighted by molar-refractivity contribution is 7.92. The van der Waals surface area contributed by atoms with E-state index in [-0.39, 0.29) is 23.8 Å². The third-order valence-corrected chi connectivity index (χ3v) is 9.14. The number of anilines is 1. The Balaban J connectivity index is 1.78. The summed E-state index contributed by atoms with van der Waals surface area (Å²) >= 11 is 12.4. The molecule has 0 aliphatic carbocycles. The Kier molecular flexibility index (Phi) is 10.6. The van der Waals surface area contributed by atoms with Gasteiger partial charge < -0.3 is 10.2 Å². The molecule has 4 rings (SSSR count). The fourth-order valence-corrected chi connectivity index (χ4v) is 6.28. The lowest BCUT2D eigenvalue weighted by molar-refractivity contribution is -0.140. The molecule has 0 aliphatic heterocycles. The van der Waals surface area contributed by atoms with Crippen LogP contribution in [0, 0.1) is 0 Å². The topological polar surface area (TPSA) is 86.8 Å². The molecule has 0 spiro atoms. The van der Waals surface area contributed by atoms with Gasteiger partial charge in [-0.25, -0.2) is 8.42 Å². The van der Waals surface area contributed by atoms with Gasteiger partial charge in [0.15, 0.2) is 0 Å². The van der Waals surface area contributed by atoms with Crippen molar-refractivity contribution in [3.8, 4) is 0 Å². The number of rotatable bonds is 12. The van der Waals surface area contributed by atoms with E-state index in [0.717, 1.165) is 9.87 Å². The molecule has 0 aromatic heterocycles. The van der Waals surface area contributed by atoms with Crippen LogP contribution in [-0.4, -0.2) is 44.3 Å². The molecular formula is C32H31Cl2N3O4S. The third-order valence-electron chi connectivity index (χ3n) is 6.61. The number of carbonyl (C=O) groups is 2. The fraction of sp³-hybridized carbons (Fsp3) is 0.188. The Morgan fingerprint density at radius 3 is 1.98 bits per heavy atom. The van der Waals surface area contributed by atoms with Crippen molar-refractivity contribution in [2.45, 2.75) is 30.8 Å². The highest BCUT2D eigenvalue weighted by Gasteiger charge is 2.34. The number of amides is 2. The van der Waals surface area contributed by atoms with Crippen LogP contribution in [0.2, 0.25) is 10.0 Å². The van der Waals surface area contributed by atoms with Crippen molar-refractivity contribution in [1.29, 1.82) is 0 Å². The van der Waals surface area contributed by atoms with Crippen LogP contribution in [0.5, 0.6) is 0 Å². The van der Waals surface area contributed by atoms with Crippen molar-refractivity contribution >= 4 is 50.7 Å². The first-order chi connectivity index (χ1) is 20.2. The summed E-state index contributed by atoms with van der Waals surface area (Å²) in [5.74, 6) is -0.913. The predicted molar refractivity (Wildman–Crippen MR) is 167 cm³/mol. The summed E-state index contributed by atoms with van der Waals surface area (Å²) in [5, 5.41) is 3.49. The van der Waals surface area contributed by atoms with Crippen molar-refractivity contribution in [3.05, 3.63) is 130 Å². The van der Waals surface area contributed by atoms with Gasteiger partial charge in [0.05, 0.1) is 20.6 Å². The van der Waals surface area contributed by atoms with Gasteiger partial charge in [0, 0.05) is 19.5 Å². The van der Waals surface area contributed by atoms with Gasteiger partial charge in [0.2, 0.25) is 11.8 Å². The Bertz CT molecular complexity index is 1610. The van der Waals surface area contributed by atoms with Crippen LogP contribution in [-0.2, 0) is 32.6 Å². The molecule has 10 heteroatoms. The lowest BCUT2D eigenvalue weighted by atomic mass is 10.0. The lowest BCUT2D eigenvalue weighted by Gasteiger charge is -2.34. The Morgan fingerprint density at radius 1 is 0.786 bits per heavy atom. The summed E-state index contributed by atoms with van der Waals surface area (Å²) in [6.45, 7) is 1.62. The molecule has 218 valence electrons. The Labute approximate surface area is 256 Å². The third kappa shape index (κ3) is 7.70. The molecule has 42 heavy (non-hydrogen) atoms. The van der Waals surface area contributed by atoms with E-state index in [1.165, 1.54) is 17.0 Å². The normalized spacial score (nSPS) is 11.9. The zero-order valence-electron chi connectivity index (χ0n) is 23.0. The zero-order chi connectivity index (χ0) is 30.1. The van der Waals surface area contributed by atoms with Gasteiger partial charge in [0.25, 0.3) is 10.0 Å². The molecule has 4 aromatic rings. The highest BCUT2D eigenvalue weighted by Crippen LogP contribution is 2.26. The minimum absolute atomic E-state index is 0.00162. The minimum atomic E-state index is -4.14. The average Bonchev–Trinajstić information content (AvgIpc) is 3.00. The average molecular weight is 625 g/mol. The number of benzene rings is 4. The molecule has 1 atom stereocenters. The van der Waals surface area contributed by atoms with E-state index in [2.05, 4.69) is 5.32 Å². The molecule has 0 heterocycles. The summed E-state index contributed by atoms with van der Waals surface area (Å²) in [5.41, 5.74) is 1.80. The van der Waals surface area contributed by atoms with E-state index >= 15 is 0 Å². The number of nitrogens with one attached hydrogen (secondary N) is 1. The van der Waals surface area contributed by atoms with Gasteiger partial charge >= 0.3 is 0 Å². The van der Waals surface area contributed by atoms with Gasteiger partial charge in [-0.1, -0.05) is 96.0 Å². The maximum Gasteiger partial charge on any atom is 0.264 e. The fourth-order valence-electron chi connectivity index (χ4n) is 4.52. The SMILES string of the molecule is CCNC(=O)[C@@H](Cc1ccccc1)N(Cc1ccc(Cl)c(Cl)c1)C(=O)CN(c1ccccc1)S(=O)(=O)c1ccccc1. The van der Waals surface area contributed by atoms with E-state index < -0.39 is 28.5 Å². The summed E-state index contributed by atoms with van der Waals surface area (Å²) in [6.07, 6.45) is 0.219. The van der Waals surface area contributed by atoms with Gasteiger partial charge in [-0.3, -0.25) is 13.9 Å². The number of carbonyl (C=O) groups excluding carboxylic acids is 2. The second-order valence-corrected chi connectivity index (χ2v) is 12.2. The number of hydrogen-bond donors (Lipinski definition) is 1. The molecule has 7 nitrogen and oxygen atoms in total. The lowest BCUT2D eigenvalue weighted by Crippen LogP contribution is -2.53. The second-order valence-electron chi connectivity index (χ2n) is 9.53. The van der Waals surface area contributed by atoms with Crippen molar-refractivity contribution in [3.63, 3.8) is 0 Å². The van der Waals surface area contributed by atoms with E-state index in [0.29, 0.717) is 27.8 Å². The molecule has 0 saturated heterocycles. The quantitative estimate of drug-likeness (QED) is 0.211. The number of nitrogens with zero attached hydrogens (tertiary/aromatic N) is 2. The predicted octanol–water partition coefficient (Wildman–Crippen LogP) is 5.96. The smallest absolute Gasteiger partial charge is 0.264 e. The van der Waals surface area contributed by atoms with Gasteiger partial charge in [0.1, 0.15) is 12.6 Å². The van der Waals surface area contributed by atoms with Crippen LogP contribution in [0.3, 0.4) is 0 Å². The summed E-state index contributed by atoms with van der Waals surface area (Å²) in [4.78, 5) is 29.2. The number of likely N-dealkylation sites (N-methyl/N-ethyl adjacent to an activating group) is 1. The van der Waals surface area contributed by atoms with Crippen molar-refractivity contribution in [2.75, 3.05) is 17.4 Å². The van der Waals surface area contributed by atoms with Crippen LogP contribution in [0.15, 0.2) is 114 Å². The van der Waals surface area contributed by atoms with E-state index in [4.69, 9.17) is 23.2 Å². The monoisotopic (exact) mass is 623 g/mol. The van der Waals surface area contributed by atoms with Gasteiger partial charge in [-0.15, -0.1) is 0 Å². The van der Waals surface area contributed by atoms with E-state index in [1.807, 2.05) is 30.3 Å². The highest BCUT2D eigenvalue weighted by atomic mass is 35.5. The number of hydrogen-bond acceptors (Lipinski definition) is 4. The molecule has 1 N–H and O–H groups in total. The molecule has 0 saturated carbocycles. The van der Waals surface area contributed by atoms with Crippen LogP contribution in [0.4, 0.5) is 5.69 Å². The van der Waals surface area contributed by atoms with Crippen molar-refractivity contribution in [1.82, 2.24) is 10.2 Å². The van der Waals surface area contributed by atoms with Crippen LogP contribution in [0.1, 0.15) is 18.1 Å². The first-order valence-corrected chi connectivity index (χ1v) is 15.6. The molecular weight excluding hydrogens is 593 g/mol. The number of halogens is 2. The minimum Gasteiger partial charge on any atom is -0.355 e. The summed E-state index contributed by atoms with van der Waals surface area (Å²) in [6, 6.07) is 29.7. The largest absolute Gasteiger partial charge is 0.355 e. The number of para-hydroxylation sites is 1. The summed E-state index contributed by atoms with van der Waals surface area (Å²) < 4.78 is 28.8. The van der Waals surface area contributed by atoms with Gasteiger partial charge in [-0.05, 0) is 54.4 Å². The molecule has 0 bridgehead atoms. The Hall–Kier alpha value is -3.85. The van der Waals surface area contributed by atoms with Crippen LogP contribution in [0.25, 0.3) is 0 Å². The maximum atomic E-state index is 14.3. The molecule has 4 aromatic carbocycles. The molecule has 0 unspecified atom stereocenters. The molecule has 0 radical (unpaired) electrons. The molecule has 0 aliphatic rings. The van der Waals surface area contributed by atoms with E-state index in [9.17, 15) is 18.0 Å². The molecule has 2 amide bonds. The van der Waals surface area contributed by atoms with Crippen LogP contribution < -0.4 is 9.62 Å². The first-order valence-electron chi connectivity index (χ1n) is 13.4. The maximum absolute atomic E-state index is 14.3. The number of sulfonamides is 1. The first kappa shape index (κ1) is 31.1. The Morgan fingerprint density at radius 2 is 1.38 bits per heavy atom. The van der Waals surface area contributed by atoms with Crippen molar-refractivity contribution < 1.29 is 18.0 Å². The molecule has 0 fully saturated rings. The standard InChI is InChI=1S/C32H31Cl2N3O4S/c1-2-35-32(39)30(21-24-12-6-3-7-13-24)36(22-25-18-19-28(33)29(34)20-25)31(38)23-37(26-14-8-4-9-15-26)42(40,41)27-16-10-5-11-17-27/h3-20,30H,2,21-23H2,1H3,(H,35,39)/t30-/m1/s1. The van der Waals surface area contributed by atoms with Crippen LogP contribution >= 0.6 is 23.2 Å².